The summed E-state index contributed by atoms with van der Waals surface area (Å²) in [4.78, 5) is 15.9. The molecule has 0 saturated carbocycles. The van der Waals surface area contributed by atoms with Crippen molar-refractivity contribution in [3.63, 3.8) is 0 Å². The average molecular weight is 647 g/mol. The van der Waals surface area contributed by atoms with Crippen molar-refractivity contribution in [3.05, 3.63) is 101 Å². The van der Waals surface area contributed by atoms with Crippen molar-refractivity contribution >= 4 is 17.5 Å². The molecule has 7 rings (SSSR count). The minimum absolute atomic E-state index is 0.148. The van der Waals surface area contributed by atoms with E-state index in [1.54, 1.807) is 0 Å². The maximum absolute atomic E-state index is 13.6. The molecule has 2 aliphatic rings. The largest absolute Gasteiger partial charge is 0.484 e. The zero-order valence-electron chi connectivity index (χ0n) is 29.0. The number of rotatable bonds is 6. The summed E-state index contributed by atoms with van der Waals surface area (Å²) < 4.78 is 10.6. The van der Waals surface area contributed by atoms with Crippen LogP contribution in [-0.4, -0.2) is 48.9 Å². The fraction of sp³-hybridized carbons (Fsp3) is 0.421. The predicted octanol–water partition coefficient (Wildman–Crippen LogP) is 7.70. The van der Waals surface area contributed by atoms with Crippen molar-refractivity contribution in [1.29, 1.82) is 0 Å². The first-order chi connectivity index (χ1) is 22.8. The first-order valence-corrected chi connectivity index (χ1v) is 16.9. The van der Waals surface area contributed by atoms with Crippen LogP contribution in [-0.2, 0) is 5.41 Å². The molecule has 2 aromatic carbocycles. The van der Waals surface area contributed by atoms with Crippen molar-refractivity contribution in [1.82, 2.24) is 34.6 Å². The van der Waals surface area contributed by atoms with Crippen LogP contribution >= 0.6 is 0 Å². The van der Waals surface area contributed by atoms with Gasteiger partial charge in [0.05, 0.1) is 29.7 Å². The number of ether oxygens (including phenoxy) is 1. The fourth-order valence-corrected chi connectivity index (χ4v) is 7.22. The van der Waals surface area contributed by atoms with E-state index < -0.39 is 0 Å². The molecule has 10 nitrogen and oxygen atoms in total. The lowest BCUT2D eigenvalue weighted by Gasteiger charge is -2.32. The zero-order chi connectivity index (χ0) is 33.8. The van der Waals surface area contributed by atoms with E-state index in [2.05, 4.69) is 90.9 Å². The summed E-state index contributed by atoms with van der Waals surface area (Å²) in [5.74, 6) is 2.34. The molecule has 0 unspecified atom stereocenters. The third-order valence-corrected chi connectivity index (χ3v) is 9.67. The number of aryl methyl sites for hydroxylation is 1. The molecular formula is C38H46N8O2. The van der Waals surface area contributed by atoms with Crippen LogP contribution in [0.1, 0.15) is 100 Å². The zero-order valence-corrected chi connectivity index (χ0v) is 29.0. The van der Waals surface area contributed by atoms with E-state index in [1.165, 1.54) is 0 Å². The number of anilines is 1. The third-order valence-electron chi connectivity index (χ3n) is 9.67. The number of hydrogen-bond acceptors (Lipinski definition) is 6. The third kappa shape index (κ3) is 6.29. The summed E-state index contributed by atoms with van der Waals surface area (Å²) in [6.45, 7) is 14.0. The molecule has 2 N–H and O–H groups in total. The van der Waals surface area contributed by atoms with Gasteiger partial charge < -0.3 is 10.1 Å². The van der Waals surface area contributed by atoms with E-state index in [4.69, 9.17) is 9.84 Å². The smallest absolute Gasteiger partial charge is 0.320 e. The number of nitrogens with zero attached hydrogens (tertiary/aromatic N) is 6. The quantitative estimate of drug-likeness (QED) is 0.196. The van der Waals surface area contributed by atoms with Crippen LogP contribution in [0.5, 0.6) is 5.75 Å². The molecule has 3 aromatic heterocycles. The fourth-order valence-electron chi connectivity index (χ4n) is 7.22. The molecule has 10 heteroatoms. The van der Waals surface area contributed by atoms with Crippen molar-refractivity contribution < 1.29 is 9.53 Å². The van der Waals surface area contributed by atoms with Crippen molar-refractivity contribution in [2.45, 2.75) is 84.4 Å². The van der Waals surface area contributed by atoms with Gasteiger partial charge in [-0.2, -0.15) is 5.10 Å². The number of carbonyl (C=O) groups is 1. The van der Waals surface area contributed by atoms with E-state index in [9.17, 15) is 4.79 Å². The van der Waals surface area contributed by atoms with Crippen molar-refractivity contribution in [2.75, 3.05) is 18.9 Å². The lowest BCUT2D eigenvalue weighted by molar-refractivity contribution is 0.171. The van der Waals surface area contributed by atoms with Gasteiger partial charge >= 0.3 is 6.03 Å². The van der Waals surface area contributed by atoms with E-state index in [0.717, 1.165) is 71.1 Å². The monoisotopic (exact) mass is 646 g/mol. The standard InChI is InChI=1S/C38H46N8O2/c1-24-12-14-25(15-13-24)46-34(20-32(43-46)37(2,3)4)40-36(47)39-29-17-18-31(28-11-9-8-10-27(28)29)48-26-16-19-33-41-42-35(45(33)22-26)30-21-38(5,6)23-44(30)7/h8-16,19-20,22,29-31H,17-18,21,23H2,1-7H3,(H2,39,40,47)/t29-,30-,31+/m0/s1. The van der Waals surface area contributed by atoms with Gasteiger partial charge in [0.15, 0.2) is 11.5 Å². The highest BCUT2D eigenvalue weighted by Crippen LogP contribution is 2.42. The molecule has 0 bridgehead atoms. The Morgan fingerprint density at radius 2 is 1.73 bits per heavy atom. The lowest BCUT2D eigenvalue weighted by Crippen LogP contribution is -2.36. The van der Waals surface area contributed by atoms with Gasteiger partial charge in [0.1, 0.15) is 17.7 Å². The highest BCUT2D eigenvalue weighted by molar-refractivity contribution is 5.89. The van der Waals surface area contributed by atoms with Gasteiger partial charge in [0.25, 0.3) is 0 Å². The average Bonchev–Trinajstić information content (AvgIpc) is 3.73. The minimum Gasteiger partial charge on any atom is -0.484 e. The second-order valence-electron chi connectivity index (χ2n) is 15.3. The van der Waals surface area contributed by atoms with Crippen LogP contribution < -0.4 is 15.4 Å². The summed E-state index contributed by atoms with van der Waals surface area (Å²) in [7, 11) is 2.16. The van der Waals surface area contributed by atoms with Crippen LogP contribution in [0.3, 0.4) is 0 Å². The number of urea groups is 1. The first kappa shape index (κ1) is 31.9. The van der Waals surface area contributed by atoms with Crippen LogP contribution in [0.4, 0.5) is 10.6 Å². The van der Waals surface area contributed by atoms with Gasteiger partial charge in [-0.3, -0.25) is 14.6 Å². The molecule has 250 valence electrons. The Bertz CT molecular complexity index is 1950. The van der Waals surface area contributed by atoms with Gasteiger partial charge in [-0.1, -0.05) is 76.6 Å². The van der Waals surface area contributed by atoms with Crippen LogP contribution in [0.15, 0.2) is 72.9 Å². The molecule has 5 aromatic rings. The maximum Gasteiger partial charge on any atom is 0.320 e. The second kappa shape index (κ2) is 12.1. The summed E-state index contributed by atoms with van der Waals surface area (Å²) >= 11 is 0. The van der Waals surface area contributed by atoms with Crippen LogP contribution in [0.25, 0.3) is 11.3 Å². The van der Waals surface area contributed by atoms with Gasteiger partial charge in [0.2, 0.25) is 0 Å². The van der Waals surface area contributed by atoms with E-state index >= 15 is 0 Å². The number of fused-ring (bicyclic) bond motifs is 2. The summed E-state index contributed by atoms with van der Waals surface area (Å²) in [5, 5.41) is 20.2. The molecule has 4 heterocycles. The molecule has 48 heavy (non-hydrogen) atoms. The highest BCUT2D eigenvalue weighted by Gasteiger charge is 2.38. The Hall–Kier alpha value is -4.70. The van der Waals surface area contributed by atoms with Crippen molar-refractivity contribution in [2.24, 2.45) is 5.41 Å². The topological polar surface area (TPSA) is 102 Å². The predicted molar refractivity (Wildman–Crippen MR) is 188 cm³/mol. The van der Waals surface area contributed by atoms with E-state index in [0.29, 0.717) is 5.82 Å². The summed E-state index contributed by atoms with van der Waals surface area (Å²) in [5.41, 5.74) is 5.96. The number of aromatic nitrogens is 5. The van der Waals surface area contributed by atoms with Crippen molar-refractivity contribution in [3.8, 4) is 11.4 Å². The molecule has 2 amide bonds. The number of pyridine rings is 1. The summed E-state index contributed by atoms with van der Waals surface area (Å²) in [6, 6.07) is 22.1. The van der Waals surface area contributed by atoms with Crippen LogP contribution in [0, 0.1) is 12.3 Å². The van der Waals surface area contributed by atoms with Gasteiger partial charge in [-0.15, -0.1) is 10.2 Å². The van der Waals surface area contributed by atoms with E-state index in [-0.39, 0.29) is 35.0 Å². The number of amides is 2. The first-order valence-electron chi connectivity index (χ1n) is 16.9. The van der Waals surface area contributed by atoms with Crippen LogP contribution in [0.2, 0.25) is 0 Å². The number of likely N-dealkylation sites (tertiary alicyclic amines) is 1. The molecule has 0 spiro atoms. The van der Waals surface area contributed by atoms with Gasteiger partial charge in [-0.05, 0) is 74.0 Å². The number of hydrogen-bond donors (Lipinski definition) is 2. The molecule has 1 aliphatic carbocycles. The molecule has 3 atom stereocenters. The Kier molecular flexibility index (Phi) is 8.02. The second-order valence-corrected chi connectivity index (χ2v) is 15.3. The van der Waals surface area contributed by atoms with Gasteiger partial charge in [0, 0.05) is 18.0 Å². The molecule has 1 fully saturated rings. The van der Waals surface area contributed by atoms with E-state index in [1.807, 2.05) is 65.5 Å². The molecule has 0 radical (unpaired) electrons. The number of nitrogens with one attached hydrogen (secondary N) is 2. The summed E-state index contributed by atoms with van der Waals surface area (Å²) in [6.07, 6.45) is 4.39. The number of carbonyl (C=O) groups excluding carboxylic acids is 1. The molecule has 1 aliphatic heterocycles. The lowest BCUT2D eigenvalue weighted by atomic mass is 9.85. The molecular weight excluding hydrogens is 600 g/mol. The minimum atomic E-state index is -0.270. The Morgan fingerprint density at radius 3 is 2.44 bits per heavy atom. The molecule has 1 saturated heterocycles. The normalized spacial score (nSPS) is 20.9. The Balaban J connectivity index is 1.09. The SMILES string of the molecule is Cc1ccc(-n2nc(C(C)(C)C)cc2NC(=O)N[C@H]2CC[C@@H](Oc3ccc4nnc([C@@H]5CC(C)(C)CN5C)n4c3)c3ccccc32)cc1. The Labute approximate surface area is 282 Å². The Morgan fingerprint density at radius 1 is 0.979 bits per heavy atom. The highest BCUT2D eigenvalue weighted by atomic mass is 16.5. The van der Waals surface area contributed by atoms with Gasteiger partial charge in [-0.25, -0.2) is 9.48 Å². The maximum atomic E-state index is 13.6. The number of benzene rings is 2.